The maximum Gasteiger partial charge on any atom is 0.435 e. The van der Waals surface area contributed by atoms with Gasteiger partial charge in [-0.25, -0.2) is 0 Å². The van der Waals surface area contributed by atoms with E-state index < -0.39 is 17.8 Å². The molecule has 6 nitrogen and oxygen atoms in total. The zero-order valence-electron chi connectivity index (χ0n) is 13.4. The Morgan fingerprint density at radius 3 is 2.62 bits per heavy atom. The molecule has 0 radical (unpaired) electrons. The van der Waals surface area contributed by atoms with E-state index >= 15 is 0 Å². The molecule has 0 aromatic carbocycles. The molecular formula is C15H18F3N5O. The van der Waals surface area contributed by atoms with Crippen LogP contribution in [0.2, 0.25) is 0 Å². The second kappa shape index (κ2) is 5.95. The summed E-state index contributed by atoms with van der Waals surface area (Å²) in [5.74, 6) is -0.363. The van der Waals surface area contributed by atoms with E-state index in [2.05, 4.69) is 15.5 Å². The zero-order chi connectivity index (χ0) is 17.5. The summed E-state index contributed by atoms with van der Waals surface area (Å²) in [7, 11) is 0. The smallest absolute Gasteiger partial charge is 0.322 e. The molecule has 24 heavy (non-hydrogen) atoms. The van der Waals surface area contributed by atoms with Gasteiger partial charge >= 0.3 is 6.18 Å². The number of aromatic nitrogens is 4. The second-order valence-corrected chi connectivity index (χ2v) is 5.89. The molecule has 0 spiro atoms. The summed E-state index contributed by atoms with van der Waals surface area (Å²) in [6.07, 6.45) is -1.33. The number of nitrogens with one attached hydrogen (secondary N) is 1. The summed E-state index contributed by atoms with van der Waals surface area (Å²) in [4.78, 5) is 12.2. The number of alkyl halides is 3. The molecule has 0 bridgehead atoms. The molecule has 0 aliphatic heterocycles. The van der Waals surface area contributed by atoms with Crippen LogP contribution < -0.4 is 5.32 Å². The van der Waals surface area contributed by atoms with Gasteiger partial charge in [0.2, 0.25) is 5.91 Å². The predicted molar refractivity (Wildman–Crippen MR) is 80.5 cm³/mol. The Labute approximate surface area is 136 Å². The van der Waals surface area contributed by atoms with Crippen LogP contribution in [-0.4, -0.2) is 25.5 Å². The zero-order valence-corrected chi connectivity index (χ0v) is 13.4. The minimum Gasteiger partial charge on any atom is -0.322 e. The first-order chi connectivity index (χ1) is 11.3. The lowest BCUT2D eigenvalue weighted by molar-refractivity contribution is -0.141. The Balaban J connectivity index is 1.76. The molecule has 0 saturated heterocycles. The van der Waals surface area contributed by atoms with E-state index in [9.17, 15) is 18.0 Å². The maximum absolute atomic E-state index is 12.9. The maximum atomic E-state index is 12.9. The molecule has 2 aromatic rings. The number of carbonyl (C=O) groups is 1. The van der Waals surface area contributed by atoms with Crippen LogP contribution in [-0.2, 0) is 24.1 Å². The average Bonchev–Trinajstić information content (AvgIpc) is 3.16. The van der Waals surface area contributed by atoms with Gasteiger partial charge in [-0.3, -0.25) is 14.2 Å². The first-order valence-corrected chi connectivity index (χ1v) is 7.76. The van der Waals surface area contributed by atoms with Gasteiger partial charge in [-0.15, -0.1) is 0 Å². The van der Waals surface area contributed by atoms with E-state index in [0.717, 1.165) is 29.3 Å². The third-order valence-corrected chi connectivity index (χ3v) is 4.07. The first-order valence-electron chi connectivity index (χ1n) is 7.76. The van der Waals surface area contributed by atoms with Crippen LogP contribution >= 0.6 is 0 Å². The van der Waals surface area contributed by atoms with E-state index in [1.807, 2.05) is 13.8 Å². The van der Waals surface area contributed by atoms with Crippen molar-refractivity contribution < 1.29 is 18.0 Å². The summed E-state index contributed by atoms with van der Waals surface area (Å²) < 4.78 is 41.5. The molecule has 1 N–H and O–H groups in total. The summed E-state index contributed by atoms with van der Waals surface area (Å²) in [6.45, 7) is 4.16. The lowest BCUT2D eigenvalue weighted by Gasteiger charge is -2.08. The molecule has 2 aromatic heterocycles. The number of hydrogen-bond acceptors (Lipinski definition) is 3. The number of halogens is 3. The van der Waals surface area contributed by atoms with Crippen molar-refractivity contribution >= 4 is 11.6 Å². The van der Waals surface area contributed by atoms with E-state index in [4.69, 9.17) is 0 Å². The highest BCUT2D eigenvalue weighted by molar-refractivity contribution is 5.90. The SMILES string of the molecule is CCn1ncc(NC(=O)Cn2nc(C(F)(F)F)cc2C2CC2)c1C. The van der Waals surface area contributed by atoms with Crippen molar-refractivity contribution in [2.45, 2.75) is 51.9 Å². The Hall–Kier alpha value is -2.32. The van der Waals surface area contributed by atoms with Gasteiger partial charge < -0.3 is 5.32 Å². The molecule has 1 amide bonds. The van der Waals surface area contributed by atoms with E-state index in [1.54, 1.807) is 4.68 Å². The fraction of sp³-hybridized carbons (Fsp3) is 0.533. The van der Waals surface area contributed by atoms with E-state index in [1.165, 1.54) is 6.20 Å². The molecule has 1 aliphatic carbocycles. The van der Waals surface area contributed by atoms with Crippen LogP contribution in [0.1, 0.15) is 42.8 Å². The molecule has 3 rings (SSSR count). The number of carbonyl (C=O) groups excluding carboxylic acids is 1. The van der Waals surface area contributed by atoms with Gasteiger partial charge in [0.05, 0.1) is 17.6 Å². The summed E-state index contributed by atoms with van der Waals surface area (Å²) in [5, 5.41) is 10.4. The van der Waals surface area contributed by atoms with Crippen LogP contribution in [0.25, 0.3) is 0 Å². The Morgan fingerprint density at radius 2 is 2.08 bits per heavy atom. The Bertz CT molecular complexity index is 758. The van der Waals surface area contributed by atoms with Gasteiger partial charge in [0.1, 0.15) is 6.54 Å². The highest BCUT2D eigenvalue weighted by Gasteiger charge is 2.38. The number of anilines is 1. The normalized spacial score (nSPS) is 14.9. The van der Waals surface area contributed by atoms with Crippen molar-refractivity contribution in [3.8, 4) is 0 Å². The summed E-state index contributed by atoms with van der Waals surface area (Å²) >= 11 is 0. The summed E-state index contributed by atoms with van der Waals surface area (Å²) in [6, 6.07) is 1.05. The number of aryl methyl sites for hydroxylation is 1. The third-order valence-electron chi connectivity index (χ3n) is 4.07. The highest BCUT2D eigenvalue weighted by Crippen LogP contribution is 2.42. The van der Waals surface area contributed by atoms with Crippen LogP contribution in [0.4, 0.5) is 18.9 Å². The van der Waals surface area contributed by atoms with Gasteiger partial charge in [0.25, 0.3) is 0 Å². The van der Waals surface area contributed by atoms with Gasteiger partial charge in [-0.05, 0) is 32.8 Å². The first kappa shape index (κ1) is 16.5. The van der Waals surface area contributed by atoms with Crippen molar-refractivity contribution in [3.05, 3.63) is 29.3 Å². The number of nitrogens with zero attached hydrogens (tertiary/aromatic N) is 4. The fourth-order valence-corrected chi connectivity index (χ4v) is 2.62. The van der Waals surface area contributed by atoms with E-state index in [0.29, 0.717) is 17.9 Å². The molecule has 2 heterocycles. The minimum atomic E-state index is -4.51. The molecule has 0 unspecified atom stereocenters. The standard InChI is InChI=1S/C15H18F3N5O/c1-3-22-9(2)11(7-19-22)20-14(24)8-23-12(10-4-5-10)6-13(21-23)15(16,17)18/h6-7,10H,3-5,8H2,1-2H3,(H,20,24). The number of rotatable bonds is 5. The van der Waals surface area contributed by atoms with Crippen LogP contribution in [0.15, 0.2) is 12.3 Å². The Morgan fingerprint density at radius 1 is 1.38 bits per heavy atom. The van der Waals surface area contributed by atoms with Gasteiger partial charge in [-0.1, -0.05) is 0 Å². The quantitative estimate of drug-likeness (QED) is 0.909. The number of hydrogen-bond donors (Lipinski definition) is 1. The molecule has 0 atom stereocenters. The van der Waals surface area contributed by atoms with Gasteiger partial charge in [-0.2, -0.15) is 23.4 Å². The van der Waals surface area contributed by atoms with Crippen molar-refractivity contribution in [1.82, 2.24) is 19.6 Å². The van der Waals surface area contributed by atoms with Crippen molar-refractivity contribution in [3.63, 3.8) is 0 Å². The van der Waals surface area contributed by atoms with Crippen molar-refractivity contribution in [2.24, 2.45) is 0 Å². The molecule has 9 heteroatoms. The van der Waals surface area contributed by atoms with Crippen LogP contribution in [0.3, 0.4) is 0 Å². The predicted octanol–water partition coefficient (Wildman–Crippen LogP) is 2.94. The topological polar surface area (TPSA) is 64.7 Å². The van der Waals surface area contributed by atoms with Gasteiger partial charge in [0.15, 0.2) is 5.69 Å². The fourth-order valence-electron chi connectivity index (χ4n) is 2.62. The van der Waals surface area contributed by atoms with E-state index in [-0.39, 0.29) is 12.5 Å². The molecule has 130 valence electrons. The van der Waals surface area contributed by atoms with Crippen LogP contribution in [0.5, 0.6) is 0 Å². The molecule has 1 fully saturated rings. The average molecular weight is 341 g/mol. The van der Waals surface area contributed by atoms with Crippen molar-refractivity contribution in [2.75, 3.05) is 5.32 Å². The lowest BCUT2D eigenvalue weighted by atomic mass is 10.2. The van der Waals surface area contributed by atoms with Crippen LogP contribution in [0, 0.1) is 6.92 Å². The third kappa shape index (κ3) is 3.29. The second-order valence-electron chi connectivity index (χ2n) is 5.89. The van der Waals surface area contributed by atoms with Crippen molar-refractivity contribution in [1.29, 1.82) is 0 Å². The largest absolute Gasteiger partial charge is 0.435 e. The van der Waals surface area contributed by atoms with Gasteiger partial charge in [0, 0.05) is 18.2 Å². The lowest BCUT2D eigenvalue weighted by Crippen LogP contribution is -2.21. The minimum absolute atomic E-state index is 0.0611. The molecule has 1 aliphatic rings. The monoisotopic (exact) mass is 341 g/mol. The molecular weight excluding hydrogens is 323 g/mol. The summed E-state index contributed by atoms with van der Waals surface area (Å²) in [5.41, 5.74) is 0.869. The molecule has 1 saturated carbocycles. The number of amides is 1. The Kier molecular flexibility index (Phi) is 4.10. The highest BCUT2D eigenvalue weighted by atomic mass is 19.4.